The Labute approximate surface area is 116 Å². The summed E-state index contributed by atoms with van der Waals surface area (Å²) in [6.45, 7) is 1.61. The Hall–Kier alpha value is -1.68. The van der Waals surface area contributed by atoms with Gasteiger partial charge in [-0.15, -0.1) is 11.6 Å². The molecule has 0 aliphatic rings. The number of aromatic nitrogens is 2. The lowest BCUT2D eigenvalue weighted by Crippen LogP contribution is -2.01. The highest BCUT2D eigenvalue weighted by Gasteiger charge is 2.07. The maximum Gasteiger partial charge on any atom is 0.186 e. The molecule has 0 amide bonds. The number of alkyl halides is 1. The van der Waals surface area contributed by atoms with Gasteiger partial charge in [-0.3, -0.25) is 0 Å². The summed E-state index contributed by atoms with van der Waals surface area (Å²) in [6.07, 6.45) is 3.17. The molecule has 5 heteroatoms. The van der Waals surface area contributed by atoms with Crippen LogP contribution in [0.3, 0.4) is 0 Å². The topological polar surface area (TPSA) is 37.8 Å². The van der Waals surface area contributed by atoms with E-state index in [-0.39, 0.29) is 5.82 Å². The molecule has 0 aliphatic heterocycles. The van der Waals surface area contributed by atoms with E-state index >= 15 is 0 Å². The molecule has 1 aromatic heterocycles. The number of hydrogen-bond donors (Lipinski definition) is 1. The first-order chi connectivity index (χ1) is 9.20. The summed E-state index contributed by atoms with van der Waals surface area (Å²) in [5, 5.41) is 2.97. The second kappa shape index (κ2) is 6.48. The Kier molecular flexibility index (Phi) is 4.68. The molecule has 1 aromatic carbocycles. The third-order valence-electron chi connectivity index (χ3n) is 2.75. The Bertz CT molecular complexity index is 560. The number of anilines is 2. The van der Waals surface area contributed by atoms with Gasteiger partial charge in [-0.1, -0.05) is 12.1 Å². The van der Waals surface area contributed by atoms with Gasteiger partial charge in [-0.25, -0.2) is 14.4 Å². The van der Waals surface area contributed by atoms with Crippen LogP contribution in [-0.4, -0.2) is 15.8 Å². The minimum Gasteiger partial charge on any atom is -0.338 e. The minimum absolute atomic E-state index is 0.196. The Balaban J connectivity index is 2.16. The third kappa shape index (κ3) is 3.64. The number of rotatable bonds is 5. The number of nitrogens with zero attached hydrogens (tertiary/aromatic N) is 2. The van der Waals surface area contributed by atoms with Gasteiger partial charge in [0.05, 0.1) is 5.69 Å². The van der Waals surface area contributed by atoms with Gasteiger partial charge in [-0.2, -0.15) is 0 Å². The number of nitrogens with one attached hydrogen (secondary N) is 1. The maximum atomic E-state index is 13.8. The molecule has 0 fully saturated rings. The van der Waals surface area contributed by atoms with E-state index < -0.39 is 5.82 Å². The zero-order valence-corrected chi connectivity index (χ0v) is 11.4. The van der Waals surface area contributed by atoms with Crippen molar-refractivity contribution in [3.05, 3.63) is 47.7 Å². The number of hydrogen-bond acceptors (Lipinski definition) is 3. The van der Waals surface area contributed by atoms with Crippen molar-refractivity contribution in [3.8, 4) is 0 Å². The average molecular weight is 280 g/mol. The molecule has 1 heterocycles. The summed E-state index contributed by atoms with van der Waals surface area (Å²) in [5.41, 5.74) is 2.30. The van der Waals surface area contributed by atoms with Crippen LogP contribution in [0, 0.1) is 12.7 Å². The van der Waals surface area contributed by atoms with Gasteiger partial charge in [0, 0.05) is 11.6 Å². The molecule has 100 valence electrons. The normalized spacial score (nSPS) is 10.5. The zero-order valence-electron chi connectivity index (χ0n) is 10.7. The third-order valence-corrected chi connectivity index (χ3v) is 3.02. The van der Waals surface area contributed by atoms with Gasteiger partial charge >= 0.3 is 0 Å². The highest BCUT2D eigenvalue weighted by molar-refractivity contribution is 6.17. The van der Waals surface area contributed by atoms with E-state index in [9.17, 15) is 4.39 Å². The van der Waals surface area contributed by atoms with Gasteiger partial charge in [0.25, 0.3) is 0 Å². The predicted molar refractivity (Wildman–Crippen MR) is 75.5 cm³/mol. The lowest BCUT2D eigenvalue weighted by molar-refractivity contribution is 0.607. The van der Waals surface area contributed by atoms with E-state index in [2.05, 4.69) is 15.3 Å². The van der Waals surface area contributed by atoms with Crippen molar-refractivity contribution in [1.82, 2.24) is 9.97 Å². The van der Waals surface area contributed by atoms with E-state index in [1.807, 2.05) is 24.3 Å². The molecule has 0 atom stereocenters. The first kappa shape index (κ1) is 13.7. The lowest BCUT2D eigenvalue weighted by Gasteiger charge is -2.09. The van der Waals surface area contributed by atoms with Crippen molar-refractivity contribution >= 4 is 23.1 Å². The number of halogens is 2. The highest BCUT2D eigenvalue weighted by Crippen LogP contribution is 2.20. The van der Waals surface area contributed by atoms with E-state index in [1.165, 1.54) is 6.33 Å². The van der Waals surface area contributed by atoms with Crippen LogP contribution in [0.2, 0.25) is 0 Å². The second-order valence-electron chi connectivity index (χ2n) is 4.24. The number of aryl methyl sites for hydroxylation is 2. The summed E-state index contributed by atoms with van der Waals surface area (Å²) in [6, 6.07) is 7.81. The van der Waals surface area contributed by atoms with E-state index in [0.29, 0.717) is 11.6 Å². The Morgan fingerprint density at radius 3 is 2.95 bits per heavy atom. The molecular formula is C14H15ClFN3. The smallest absolute Gasteiger partial charge is 0.186 e. The number of benzene rings is 1. The van der Waals surface area contributed by atoms with Crippen LogP contribution in [0.5, 0.6) is 0 Å². The first-order valence-corrected chi connectivity index (χ1v) is 6.63. The Morgan fingerprint density at radius 1 is 1.32 bits per heavy atom. The van der Waals surface area contributed by atoms with Gasteiger partial charge in [-0.05, 0) is 37.5 Å². The van der Waals surface area contributed by atoms with Gasteiger partial charge < -0.3 is 5.32 Å². The molecule has 0 spiro atoms. The molecule has 0 unspecified atom stereocenters. The zero-order chi connectivity index (χ0) is 13.7. The Morgan fingerprint density at radius 2 is 2.16 bits per heavy atom. The minimum atomic E-state index is -0.423. The molecule has 19 heavy (non-hydrogen) atoms. The van der Waals surface area contributed by atoms with E-state index in [0.717, 1.165) is 24.1 Å². The first-order valence-electron chi connectivity index (χ1n) is 6.09. The highest BCUT2D eigenvalue weighted by atomic mass is 35.5. The average Bonchev–Trinajstić information content (AvgIpc) is 2.42. The van der Waals surface area contributed by atoms with Crippen molar-refractivity contribution in [2.24, 2.45) is 0 Å². The molecule has 0 saturated carbocycles. The standard InChI is InChI=1S/C14H15ClFN3/c1-10-13(16)14(18-9-17-10)19-12-6-2-4-11(8-12)5-3-7-15/h2,4,6,8-9H,3,5,7H2,1H3,(H,17,18,19). The van der Waals surface area contributed by atoms with Crippen LogP contribution in [0.1, 0.15) is 17.7 Å². The largest absolute Gasteiger partial charge is 0.338 e. The van der Waals surface area contributed by atoms with Crippen LogP contribution in [-0.2, 0) is 6.42 Å². The molecule has 2 aromatic rings. The van der Waals surface area contributed by atoms with Crippen LogP contribution in [0.4, 0.5) is 15.9 Å². The molecule has 1 N–H and O–H groups in total. The fourth-order valence-corrected chi connectivity index (χ4v) is 1.89. The van der Waals surface area contributed by atoms with Crippen LogP contribution >= 0.6 is 11.6 Å². The van der Waals surface area contributed by atoms with Crippen LogP contribution in [0.15, 0.2) is 30.6 Å². The second-order valence-corrected chi connectivity index (χ2v) is 4.62. The van der Waals surface area contributed by atoms with Crippen LogP contribution in [0.25, 0.3) is 0 Å². The lowest BCUT2D eigenvalue weighted by atomic mass is 10.1. The molecular weight excluding hydrogens is 265 g/mol. The van der Waals surface area contributed by atoms with Gasteiger partial charge in [0.15, 0.2) is 11.6 Å². The summed E-state index contributed by atoms with van der Waals surface area (Å²) in [7, 11) is 0. The quantitative estimate of drug-likeness (QED) is 0.845. The summed E-state index contributed by atoms with van der Waals surface area (Å²) in [4.78, 5) is 7.71. The fourth-order valence-electron chi connectivity index (χ4n) is 1.76. The van der Waals surface area contributed by atoms with E-state index in [1.54, 1.807) is 6.92 Å². The molecule has 0 saturated heterocycles. The SMILES string of the molecule is Cc1ncnc(Nc2cccc(CCCCl)c2)c1F. The van der Waals surface area contributed by atoms with E-state index in [4.69, 9.17) is 11.6 Å². The summed E-state index contributed by atoms with van der Waals surface area (Å²) >= 11 is 5.68. The molecule has 0 radical (unpaired) electrons. The molecule has 0 bridgehead atoms. The van der Waals surface area contributed by atoms with Crippen molar-refractivity contribution < 1.29 is 4.39 Å². The van der Waals surface area contributed by atoms with Crippen LogP contribution < -0.4 is 5.32 Å². The predicted octanol–water partition coefficient (Wildman–Crippen LogP) is 3.84. The fraction of sp³-hybridized carbons (Fsp3) is 0.286. The molecule has 2 rings (SSSR count). The van der Waals surface area contributed by atoms with Crippen molar-refractivity contribution in [2.45, 2.75) is 19.8 Å². The molecule has 3 nitrogen and oxygen atoms in total. The maximum absolute atomic E-state index is 13.8. The van der Waals surface area contributed by atoms with Crippen molar-refractivity contribution in [3.63, 3.8) is 0 Å². The summed E-state index contributed by atoms with van der Waals surface area (Å²) in [5.74, 6) is 0.410. The van der Waals surface area contributed by atoms with Gasteiger partial charge in [0.2, 0.25) is 0 Å². The van der Waals surface area contributed by atoms with Gasteiger partial charge in [0.1, 0.15) is 6.33 Å². The van der Waals surface area contributed by atoms with Crippen molar-refractivity contribution in [1.29, 1.82) is 0 Å². The summed E-state index contributed by atoms with van der Waals surface area (Å²) < 4.78 is 13.8. The van der Waals surface area contributed by atoms with Crippen molar-refractivity contribution in [2.75, 3.05) is 11.2 Å². The monoisotopic (exact) mass is 279 g/mol. The molecule has 0 aliphatic carbocycles.